The first-order valence-electron chi connectivity index (χ1n) is 8.51. The molecule has 0 atom stereocenters. The molecule has 0 saturated heterocycles. The zero-order chi connectivity index (χ0) is 18.7. The van der Waals surface area contributed by atoms with Crippen LogP contribution in [0.1, 0.15) is 25.8 Å². The number of nitrogens with zero attached hydrogens (tertiary/aromatic N) is 2. The first-order chi connectivity index (χ1) is 11.9. The van der Waals surface area contributed by atoms with Gasteiger partial charge >= 0.3 is 0 Å². The number of aliphatic imine (C=N–C) groups is 1. The van der Waals surface area contributed by atoms with Crippen LogP contribution in [0.25, 0.3) is 0 Å². The van der Waals surface area contributed by atoms with Crippen molar-refractivity contribution in [1.29, 1.82) is 0 Å². The van der Waals surface area contributed by atoms with E-state index < -0.39 is 10.0 Å². The van der Waals surface area contributed by atoms with Crippen molar-refractivity contribution in [3.63, 3.8) is 0 Å². The van der Waals surface area contributed by atoms with Crippen molar-refractivity contribution in [2.45, 2.75) is 26.8 Å². The van der Waals surface area contributed by atoms with Gasteiger partial charge in [0, 0.05) is 33.2 Å². The molecule has 8 heteroatoms. The van der Waals surface area contributed by atoms with Crippen molar-refractivity contribution >= 4 is 16.0 Å². The predicted octanol–water partition coefficient (Wildman–Crippen LogP) is 1.42. The van der Waals surface area contributed by atoms with E-state index in [9.17, 15) is 8.42 Å². The number of benzene rings is 1. The number of hydrogen-bond acceptors (Lipinski definition) is 4. The molecule has 0 fully saturated rings. The second-order valence-electron chi connectivity index (χ2n) is 5.59. The van der Waals surface area contributed by atoms with Crippen LogP contribution in [0.5, 0.6) is 5.75 Å². The van der Waals surface area contributed by atoms with E-state index in [4.69, 9.17) is 4.74 Å². The minimum atomic E-state index is -3.13. The van der Waals surface area contributed by atoms with Crippen LogP contribution in [0.4, 0.5) is 0 Å². The Morgan fingerprint density at radius 2 is 1.92 bits per heavy atom. The summed E-state index contributed by atoms with van der Waals surface area (Å²) >= 11 is 0. The van der Waals surface area contributed by atoms with Crippen LogP contribution in [0.3, 0.4) is 0 Å². The number of ether oxygens (including phenoxy) is 1. The maximum absolute atomic E-state index is 11.4. The van der Waals surface area contributed by atoms with Crippen LogP contribution in [0.2, 0.25) is 0 Å². The third-order valence-electron chi connectivity index (χ3n) is 3.57. The Bertz CT molecular complexity index is 630. The van der Waals surface area contributed by atoms with Crippen LogP contribution in [0, 0.1) is 0 Å². The minimum Gasteiger partial charge on any atom is -0.497 e. The van der Waals surface area contributed by atoms with Crippen molar-refractivity contribution in [3.05, 3.63) is 29.8 Å². The molecule has 2 N–H and O–H groups in total. The van der Waals surface area contributed by atoms with E-state index in [1.54, 1.807) is 14.0 Å². The van der Waals surface area contributed by atoms with Crippen molar-refractivity contribution in [2.24, 2.45) is 4.99 Å². The molecule has 0 saturated carbocycles. The van der Waals surface area contributed by atoms with E-state index >= 15 is 0 Å². The SMILES string of the molecule is CCNC(=NCCCNS(=O)(=O)CC)N(C)Cc1ccc(OC)cc1. The van der Waals surface area contributed by atoms with E-state index in [1.165, 1.54) is 0 Å². The normalized spacial score (nSPS) is 12.1. The van der Waals surface area contributed by atoms with Gasteiger partial charge < -0.3 is 15.0 Å². The first-order valence-corrected chi connectivity index (χ1v) is 10.2. The maximum atomic E-state index is 11.4. The fraction of sp³-hybridized carbons (Fsp3) is 0.588. The van der Waals surface area contributed by atoms with E-state index in [-0.39, 0.29) is 5.75 Å². The summed E-state index contributed by atoms with van der Waals surface area (Å²) in [7, 11) is 0.500. The molecule has 0 aromatic heterocycles. The van der Waals surface area contributed by atoms with Crippen LogP contribution in [-0.2, 0) is 16.6 Å². The Balaban J connectivity index is 2.55. The molecule has 1 rings (SSSR count). The molecule has 0 aliphatic heterocycles. The van der Waals surface area contributed by atoms with Gasteiger partial charge in [0.1, 0.15) is 5.75 Å². The Hall–Kier alpha value is -1.80. The third-order valence-corrected chi connectivity index (χ3v) is 4.98. The number of rotatable bonds is 10. The summed E-state index contributed by atoms with van der Waals surface area (Å²) in [6.45, 7) is 6.10. The highest BCUT2D eigenvalue weighted by atomic mass is 32.2. The fourth-order valence-corrected chi connectivity index (χ4v) is 2.80. The number of hydrogen-bond donors (Lipinski definition) is 2. The van der Waals surface area contributed by atoms with Crippen LogP contribution in [-0.4, -0.2) is 58.8 Å². The molecule has 0 heterocycles. The third kappa shape index (κ3) is 8.22. The fourth-order valence-electron chi connectivity index (χ4n) is 2.14. The average molecular weight is 371 g/mol. The molecule has 0 aliphatic rings. The second-order valence-corrected chi connectivity index (χ2v) is 7.69. The van der Waals surface area contributed by atoms with Crippen molar-refractivity contribution in [1.82, 2.24) is 14.9 Å². The number of nitrogens with one attached hydrogen (secondary N) is 2. The van der Waals surface area contributed by atoms with Crippen molar-refractivity contribution < 1.29 is 13.2 Å². The molecule has 0 spiro atoms. The lowest BCUT2D eigenvalue weighted by atomic mass is 10.2. The van der Waals surface area contributed by atoms with E-state index in [1.807, 2.05) is 43.1 Å². The number of methoxy groups -OCH3 is 1. The van der Waals surface area contributed by atoms with E-state index in [0.29, 0.717) is 19.5 Å². The molecule has 0 unspecified atom stereocenters. The molecular formula is C17H30N4O3S. The highest BCUT2D eigenvalue weighted by Crippen LogP contribution is 2.12. The molecule has 0 amide bonds. The molecule has 0 radical (unpaired) electrons. The summed E-state index contributed by atoms with van der Waals surface area (Å²) in [5.41, 5.74) is 1.16. The molecule has 1 aromatic rings. The molecule has 25 heavy (non-hydrogen) atoms. The maximum Gasteiger partial charge on any atom is 0.211 e. The summed E-state index contributed by atoms with van der Waals surface area (Å²) < 4.78 is 30.5. The zero-order valence-corrected chi connectivity index (χ0v) is 16.4. The largest absolute Gasteiger partial charge is 0.497 e. The lowest BCUT2D eigenvalue weighted by Crippen LogP contribution is -2.38. The van der Waals surface area contributed by atoms with Gasteiger partial charge in [-0.25, -0.2) is 13.1 Å². The molecule has 7 nitrogen and oxygen atoms in total. The topological polar surface area (TPSA) is 83.0 Å². The van der Waals surface area contributed by atoms with Gasteiger partial charge in [-0.15, -0.1) is 0 Å². The summed E-state index contributed by atoms with van der Waals surface area (Å²) in [5, 5.41) is 3.26. The van der Waals surface area contributed by atoms with Gasteiger partial charge in [0.15, 0.2) is 5.96 Å². The van der Waals surface area contributed by atoms with Gasteiger partial charge in [-0.1, -0.05) is 12.1 Å². The van der Waals surface area contributed by atoms with E-state index in [2.05, 4.69) is 15.0 Å². The molecule has 0 aliphatic carbocycles. The minimum absolute atomic E-state index is 0.101. The standard InChI is InChI=1S/C17H30N4O3S/c1-5-18-17(19-12-7-13-20-25(22,23)6-2)21(3)14-15-8-10-16(24-4)11-9-15/h8-11,20H,5-7,12-14H2,1-4H3,(H,18,19). The second kappa shape index (κ2) is 10.9. The Morgan fingerprint density at radius 3 is 2.48 bits per heavy atom. The van der Waals surface area contributed by atoms with Crippen molar-refractivity contribution in [2.75, 3.05) is 39.5 Å². The van der Waals surface area contributed by atoms with Crippen LogP contribution in [0.15, 0.2) is 29.3 Å². The van der Waals surface area contributed by atoms with Gasteiger partial charge in [-0.3, -0.25) is 4.99 Å². The first kappa shape index (κ1) is 21.2. The number of sulfonamides is 1. The van der Waals surface area contributed by atoms with Crippen LogP contribution >= 0.6 is 0 Å². The van der Waals surface area contributed by atoms with E-state index in [0.717, 1.165) is 30.4 Å². The van der Waals surface area contributed by atoms with Crippen LogP contribution < -0.4 is 14.8 Å². The smallest absolute Gasteiger partial charge is 0.211 e. The number of guanidine groups is 1. The lowest BCUT2D eigenvalue weighted by Gasteiger charge is -2.22. The highest BCUT2D eigenvalue weighted by molar-refractivity contribution is 7.89. The average Bonchev–Trinajstić information content (AvgIpc) is 2.61. The molecule has 0 bridgehead atoms. The quantitative estimate of drug-likeness (QED) is 0.370. The zero-order valence-electron chi connectivity index (χ0n) is 15.6. The molecular weight excluding hydrogens is 340 g/mol. The summed E-state index contributed by atoms with van der Waals surface area (Å²) in [6.07, 6.45) is 0.657. The summed E-state index contributed by atoms with van der Waals surface area (Å²) in [4.78, 5) is 6.60. The van der Waals surface area contributed by atoms with Gasteiger partial charge in [0.2, 0.25) is 10.0 Å². The van der Waals surface area contributed by atoms with Gasteiger partial charge in [0.25, 0.3) is 0 Å². The van der Waals surface area contributed by atoms with Crippen molar-refractivity contribution in [3.8, 4) is 5.75 Å². The summed E-state index contributed by atoms with van der Waals surface area (Å²) in [6, 6.07) is 7.93. The lowest BCUT2D eigenvalue weighted by molar-refractivity contribution is 0.414. The summed E-state index contributed by atoms with van der Waals surface area (Å²) in [5.74, 6) is 1.74. The van der Waals surface area contributed by atoms with Gasteiger partial charge in [0.05, 0.1) is 12.9 Å². The monoisotopic (exact) mass is 370 g/mol. The van der Waals surface area contributed by atoms with Gasteiger partial charge in [-0.2, -0.15) is 0 Å². The Kier molecular flexibility index (Phi) is 9.30. The Labute approximate surface area is 151 Å². The highest BCUT2D eigenvalue weighted by Gasteiger charge is 2.07. The Morgan fingerprint density at radius 1 is 1.24 bits per heavy atom. The molecule has 142 valence electrons. The molecule has 1 aromatic carbocycles. The predicted molar refractivity (Wildman–Crippen MR) is 103 cm³/mol. The van der Waals surface area contributed by atoms with Gasteiger partial charge in [-0.05, 0) is 38.0 Å².